The van der Waals surface area contributed by atoms with Gasteiger partial charge in [-0.25, -0.2) is 4.79 Å². The van der Waals surface area contributed by atoms with Crippen molar-refractivity contribution in [3.8, 4) is 0 Å². The van der Waals surface area contributed by atoms with Crippen LogP contribution in [0.5, 0.6) is 0 Å². The number of carboxylic acid groups (broad SMARTS) is 1. The molecule has 0 fully saturated rings. The zero-order chi connectivity index (χ0) is 14.7. The molecule has 0 aliphatic carbocycles. The van der Waals surface area contributed by atoms with E-state index in [0.717, 1.165) is 0 Å². The second kappa shape index (κ2) is 5.75. The van der Waals surface area contributed by atoms with Crippen LogP contribution < -0.4 is 5.32 Å². The van der Waals surface area contributed by atoms with Gasteiger partial charge in [0, 0.05) is 23.1 Å². The highest BCUT2D eigenvalue weighted by molar-refractivity contribution is 6.31. The molecular formula is C13H12ClN3O3. The number of aromatic nitrogens is 2. The number of carbonyl (C=O) groups excluding carboxylic acids is 1. The molecule has 2 aromatic rings. The number of rotatable bonds is 4. The largest absolute Gasteiger partial charge is 0.478 e. The molecule has 1 aromatic heterocycles. The minimum absolute atomic E-state index is 0.0135. The maximum atomic E-state index is 12.0. The molecule has 0 spiro atoms. The van der Waals surface area contributed by atoms with Crippen molar-refractivity contribution in [2.75, 3.05) is 5.32 Å². The maximum Gasteiger partial charge on any atom is 0.335 e. The molecule has 1 unspecified atom stereocenters. The van der Waals surface area contributed by atoms with E-state index in [2.05, 4.69) is 10.4 Å². The molecule has 0 aliphatic rings. The van der Waals surface area contributed by atoms with E-state index in [4.69, 9.17) is 16.7 Å². The highest BCUT2D eigenvalue weighted by atomic mass is 35.5. The molecule has 20 heavy (non-hydrogen) atoms. The zero-order valence-corrected chi connectivity index (χ0v) is 11.3. The van der Waals surface area contributed by atoms with Gasteiger partial charge in [0.1, 0.15) is 6.04 Å². The molecule has 104 valence electrons. The van der Waals surface area contributed by atoms with Crippen molar-refractivity contribution in [3.05, 3.63) is 47.2 Å². The van der Waals surface area contributed by atoms with Crippen LogP contribution in [0.15, 0.2) is 36.7 Å². The van der Waals surface area contributed by atoms with Crippen molar-refractivity contribution in [2.24, 2.45) is 0 Å². The summed E-state index contributed by atoms with van der Waals surface area (Å²) in [6.07, 6.45) is 3.25. The molecule has 0 aliphatic heterocycles. The quantitative estimate of drug-likeness (QED) is 0.907. The van der Waals surface area contributed by atoms with Crippen LogP contribution in [0.25, 0.3) is 0 Å². The van der Waals surface area contributed by atoms with Crippen LogP contribution in [0.1, 0.15) is 23.3 Å². The van der Waals surface area contributed by atoms with Gasteiger partial charge in [0.25, 0.3) is 0 Å². The third-order valence-corrected chi connectivity index (χ3v) is 2.93. The summed E-state index contributed by atoms with van der Waals surface area (Å²) in [6, 6.07) is 5.35. The predicted molar refractivity (Wildman–Crippen MR) is 74.0 cm³/mol. The molecule has 7 heteroatoms. The Hall–Kier alpha value is -2.34. The van der Waals surface area contributed by atoms with Crippen molar-refractivity contribution in [1.29, 1.82) is 0 Å². The van der Waals surface area contributed by atoms with E-state index in [1.54, 1.807) is 25.4 Å². The summed E-state index contributed by atoms with van der Waals surface area (Å²) in [7, 11) is 0. The van der Waals surface area contributed by atoms with Gasteiger partial charge >= 0.3 is 5.97 Å². The third kappa shape index (κ3) is 3.16. The van der Waals surface area contributed by atoms with Crippen molar-refractivity contribution >= 4 is 29.2 Å². The lowest BCUT2D eigenvalue weighted by Crippen LogP contribution is -2.24. The van der Waals surface area contributed by atoms with Crippen LogP contribution in [0.3, 0.4) is 0 Å². The standard InChI is InChI=1S/C13H12ClN3O3/c1-8(17-4-2-3-15-17)12(18)16-11-6-9(13(19)20)5-10(14)7-11/h2-8H,1H3,(H,16,18)(H,19,20). The summed E-state index contributed by atoms with van der Waals surface area (Å²) in [5.41, 5.74) is 0.346. The van der Waals surface area contributed by atoms with E-state index in [1.807, 2.05) is 0 Å². The average molecular weight is 294 g/mol. The van der Waals surface area contributed by atoms with E-state index in [-0.39, 0.29) is 16.5 Å². The number of nitrogens with one attached hydrogen (secondary N) is 1. The Morgan fingerprint density at radius 3 is 2.75 bits per heavy atom. The van der Waals surface area contributed by atoms with Gasteiger partial charge in [0.15, 0.2) is 0 Å². The Labute approximate surface area is 120 Å². The van der Waals surface area contributed by atoms with E-state index in [1.165, 1.54) is 22.9 Å². The zero-order valence-electron chi connectivity index (χ0n) is 10.6. The van der Waals surface area contributed by atoms with Crippen LogP contribution in [0.4, 0.5) is 5.69 Å². The number of halogens is 1. The minimum atomic E-state index is -1.11. The Bertz CT molecular complexity index is 640. The van der Waals surface area contributed by atoms with Gasteiger partial charge in [-0.05, 0) is 31.2 Å². The molecule has 1 heterocycles. The number of aromatic carboxylic acids is 1. The number of carbonyl (C=O) groups is 2. The fraction of sp³-hybridized carbons (Fsp3) is 0.154. The number of amides is 1. The Balaban J connectivity index is 2.17. The fourth-order valence-corrected chi connectivity index (χ4v) is 1.90. The molecule has 0 radical (unpaired) electrons. The number of hydrogen-bond donors (Lipinski definition) is 2. The number of nitrogens with zero attached hydrogens (tertiary/aromatic N) is 2. The van der Waals surface area contributed by atoms with Gasteiger partial charge in [-0.1, -0.05) is 11.6 Å². The van der Waals surface area contributed by atoms with Gasteiger partial charge < -0.3 is 10.4 Å². The Morgan fingerprint density at radius 1 is 1.40 bits per heavy atom. The number of benzene rings is 1. The molecule has 6 nitrogen and oxygen atoms in total. The van der Waals surface area contributed by atoms with E-state index in [0.29, 0.717) is 5.69 Å². The van der Waals surface area contributed by atoms with Crippen LogP contribution in [-0.4, -0.2) is 26.8 Å². The fourth-order valence-electron chi connectivity index (χ4n) is 1.66. The smallest absolute Gasteiger partial charge is 0.335 e. The Kier molecular flexibility index (Phi) is 4.05. The van der Waals surface area contributed by atoms with Gasteiger partial charge in [-0.15, -0.1) is 0 Å². The monoisotopic (exact) mass is 293 g/mol. The van der Waals surface area contributed by atoms with Gasteiger partial charge in [0.05, 0.1) is 5.56 Å². The maximum absolute atomic E-state index is 12.0. The summed E-state index contributed by atoms with van der Waals surface area (Å²) < 4.78 is 1.50. The molecule has 1 atom stereocenters. The van der Waals surface area contributed by atoms with Crippen LogP contribution in [0, 0.1) is 0 Å². The second-order valence-corrected chi connectivity index (χ2v) is 4.62. The third-order valence-electron chi connectivity index (χ3n) is 2.71. The topological polar surface area (TPSA) is 84.2 Å². The van der Waals surface area contributed by atoms with Crippen molar-refractivity contribution in [3.63, 3.8) is 0 Å². The van der Waals surface area contributed by atoms with Crippen LogP contribution >= 0.6 is 11.6 Å². The molecule has 2 N–H and O–H groups in total. The molecule has 1 amide bonds. The minimum Gasteiger partial charge on any atom is -0.478 e. The average Bonchev–Trinajstić information content (AvgIpc) is 2.90. The highest BCUT2D eigenvalue weighted by Gasteiger charge is 2.16. The summed E-state index contributed by atoms with van der Waals surface area (Å²) in [5, 5.41) is 15.8. The lowest BCUT2D eigenvalue weighted by molar-refractivity contribution is -0.119. The molecule has 0 bridgehead atoms. The first kappa shape index (κ1) is 14.1. The van der Waals surface area contributed by atoms with E-state index < -0.39 is 12.0 Å². The SMILES string of the molecule is CC(C(=O)Nc1cc(Cl)cc(C(=O)O)c1)n1cccn1. The van der Waals surface area contributed by atoms with Gasteiger partial charge in [-0.3, -0.25) is 9.48 Å². The summed E-state index contributed by atoms with van der Waals surface area (Å²) in [6.45, 7) is 1.69. The lowest BCUT2D eigenvalue weighted by Gasteiger charge is -2.13. The second-order valence-electron chi connectivity index (χ2n) is 4.19. The number of anilines is 1. The summed E-state index contributed by atoms with van der Waals surface area (Å²) >= 11 is 5.82. The first-order valence-corrected chi connectivity index (χ1v) is 6.19. The summed E-state index contributed by atoms with van der Waals surface area (Å²) in [5.74, 6) is -1.42. The van der Waals surface area contributed by atoms with Crippen LogP contribution in [-0.2, 0) is 4.79 Å². The Morgan fingerprint density at radius 2 is 2.15 bits per heavy atom. The molecule has 2 rings (SSSR count). The van der Waals surface area contributed by atoms with E-state index >= 15 is 0 Å². The van der Waals surface area contributed by atoms with Crippen molar-refractivity contribution in [1.82, 2.24) is 9.78 Å². The number of hydrogen-bond acceptors (Lipinski definition) is 3. The first-order chi connectivity index (χ1) is 9.47. The highest BCUT2D eigenvalue weighted by Crippen LogP contribution is 2.20. The summed E-state index contributed by atoms with van der Waals surface area (Å²) in [4.78, 5) is 23.0. The van der Waals surface area contributed by atoms with Gasteiger partial charge in [0.2, 0.25) is 5.91 Å². The molecule has 1 aromatic carbocycles. The molecule has 0 saturated carbocycles. The van der Waals surface area contributed by atoms with Gasteiger partial charge in [-0.2, -0.15) is 5.10 Å². The predicted octanol–water partition coefficient (Wildman–Crippen LogP) is 2.43. The van der Waals surface area contributed by atoms with Crippen molar-refractivity contribution in [2.45, 2.75) is 13.0 Å². The first-order valence-electron chi connectivity index (χ1n) is 5.81. The van der Waals surface area contributed by atoms with E-state index in [9.17, 15) is 9.59 Å². The van der Waals surface area contributed by atoms with Crippen LogP contribution in [0.2, 0.25) is 5.02 Å². The molecule has 0 saturated heterocycles. The number of carboxylic acids is 1. The normalized spacial score (nSPS) is 11.9. The lowest BCUT2D eigenvalue weighted by atomic mass is 10.2. The molecular weight excluding hydrogens is 282 g/mol. The van der Waals surface area contributed by atoms with Crippen molar-refractivity contribution < 1.29 is 14.7 Å².